The van der Waals surface area contributed by atoms with Crippen molar-refractivity contribution < 1.29 is 14.2 Å². The molecule has 0 spiro atoms. The van der Waals surface area contributed by atoms with Crippen LogP contribution in [0.5, 0.6) is 17.2 Å². The third-order valence-corrected chi connectivity index (χ3v) is 6.34. The van der Waals surface area contributed by atoms with Crippen molar-refractivity contribution in [3.8, 4) is 28.6 Å². The van der Waals surface area contributed by atoms with Crippen molar-refractivity contribution in [3.63, 3.8) is 0 Å². The number of nitrogens with zero attached hydrogens (tertiary/aromatic N) is 4. The highest BCUT2D eigenvalue weighted by Crippen LogP contribution is 2.35. The lowest BCUT2D eigenvalue weighted by molar-refractivity contribution is 0.356. The van der Waals surface area contributed by atoms with Gasteiger partial charge in [0.25, 0.3) is 5.56 Å². The van der Waals surface area contributed by atoms with E-state index in [2.05, 4.69) is 15.1 Å². The van der Waals surface area contributed by atoms with Gasteiger partial charge in [-0.25, -0.2) is 4.98 Å². The molecule has 10 heteroatoms. The van der Waals surface area contributed by atoms with E-state index in [0.29, 0.717) is 52.5 Å². The first-order valence-electron chi connectivity index (χ1n) is 11.0. The van der Waals surface area contributed by atoms with Gasteiger partial charge in [0.15, 0.2) is 11.5 Å². The number of rotatable bonds is 7. The van der Waals surface area contributed by atoms with Crippen molar-refractivity contribution in [2.75, 3.05) is 21.3 Å². The highest BCUT2D eigenvalue weighted by Gasteiger charge is 2.23. The molecule has 0 aliphatic carbocycles. The molecule has 35 heavy (non-hydrogen) atoms. The van der Waals surface area contributed by atoms with Gasteiger partial charge in [0.2, 0.25) is 0 Å². The predicted octanol–water partition coefficient (Wildman–Crippen LogP) is 4.49. The fourth-order valence-electron chi connectivity index (χ4n) is 4.11. The Morgan fingerprint density at radius 1 is 1.03 bits per heavy atom. The average Bonchev–Trinajstić information content (AvgIpc) is 3.50. The molecular formula is C25H24ClN5O4. The van der Waals surface area contributed by atoms with E-state index in [-0.39, 0.29) is 16.1 Å². The molecule has 3 aromatic heterocycles. The van der Waals surface area contributed by atoms with E-state index < -0.39 is 0 Å². The summed E-state index contributed by atoms with van der Waals surface area (Å²) in [6.07, 6.45) is 1.84. The van der Waals surface area contributed by atoms with E-state index in [4.69, 9.17) is 25.8 Å². The Morgan fingerprint density at radius 3 is 2.40 bits per heavy atom. The smallest absolute Gasteiger partial charge is 0.264 e. The van der Waals surface area contributed by atoms with E-state index in [1.807, 2.05) is 37.4 Å². The largest absolute Gasteiger partial charge is 0.497 e. The summed E-state index contributed by atoms with van der Waals surface area (Å²) >= 11 is 6.80. The number of H-pyrrole nitrogens is 1. The average molecular weight is 494 g/mol. The molecule has 0 saturated heterocycles. The number of methoxy groups -OCH3 is 3. The number of aryl methyl sites for hydroxylation is 1. The summed E-state index contributed by atoms with van der Waals surface area (Å²) < 4.78 is 19.5. The summed E-state index contributed by atoms with van der Waals surface area (Å²) in [5, 5.41) is 4.87. The number of hydrogen-bond donors (Lipinski definition) is 1. The van der Waals surface area contributed by atoms with E-state index >= 15 is 0 Å². The molecule has 0 radical (unpaired) electrons. The highest BCUT2D eigenvalue weighted by molar-refractivity contribution is 6.37. The maximum atomic E-state index is 13.9. The molecule has 5 rings (SSSR count). The number of ether oxygens (including phenoxy) is 3. The second-order valence-corrected chi connectivity index (χ2v) is 8.33. The fraction of sp³-hybridized carbons (Fsp3) is 0.240. The minimum absolute atomic E-state index is 0.251. The Bertz CT molecular complexity index is 1560. The van der Waals surface area contributed by atoms with Crippen molar-refractivity contribution in [3.05, 3.63) is 63.5 Å². The van der Waals surface area contributed by atoms with Crippen LogP contribution in [0.4, 0.5) is 0 Å². The van der Waals surface area contributed by atoms with Crippen LogP contribution < -0.4 is 19.8 Å². The number of aromatic nitrogens is 5. The zero-order chi connectivity index (χ0) is 24.7. The molecule has 1 N–H and O–H groups in total. The summed E-state index contributed by atoms with van der Waals surface area (Å²) in [4.78, 5) is 21.7. The summed E-state index contributed by atoms with van der Waals surface area (Å²) in [7, 11) is 4.74. The van der Waals surface area contributed by atoms with Gasteiger partial charge in [-0.3, -0.25) is 9.48 Å². The van der Waals surface area contributed by atoms with Crippen LogP contribution >= 0.6 is 11.6 Å². The Hall–Kier alpha value is -3.98. The fourth-order valence-corrected chi connectivity index (χ4v) is 4.42. The van der Waals surface area contributed by atoms with Crippen molar-refractivity contribution in [2.24, 2.45) is 0 Å². The van der Waals surface area contributed by atoms with Gasteiger partial charge in [-0.1, -0.05) is 23.7 Å². The molecule has 3 heterocycles. The first-order valence-corrected chi connectivity index (χ1v) is 11.4. The van der Waals surface area contributed by atoms with E-state index in [1.54, 1.807) is 42.7 Å². The van der Waals surface area contributed by atoms with Crippen LogP contribution in [-0.4, -0.2) is 45.6 Å². The molecule has 9 nitrogen and oxygen atoms in total. The monoisotopic (exact) mass is 493 g/mol. The maximum absolute atomic E-state index is 13.9. The van der Waals surface area contributed by atoms with Crippen molar-refractivity contribution in [1.82, 2.24) is 24.3 Å². The lowest BCUT2D eigenvalue weighted by Crippen LogP contribution is -2.23. The minimum atomic E-state index is -0.271. The zero-order valence-electron chi connectivity index (χ0n) is 19.8. The molecule has 0 saturated carbocycles. The zero-order valence-corrected chi connectivity index (χ0v) is 20.5. The van der Waals surface area contributed by atoms with Crippen molar-refractivity contribution in [2.45, 2.75) is 20.0 Å². The number of imidazole rings is 1. The topological polar surface area (TPSA) is 96.2 Å². The van der Waals surface area contributed by atoms with E-state index in [9.17, 15) is 4.79 Å². The molecule has 0 atom stereocenters. The van der Waals surface area contributed by atoms with Gasteiger partial charge in [0.05, 0.1) is 49.4 Å². The van der Waals surface area contributed by atoms with Gasteiger partial charge in [0, 0.05) is 24.9 Å². The number of fused-ring (bicyclic) bond motifs is 2. The molecule has 0 aliphatic rings. The van der Waals surface area contributed by atoms with Crippen LogP contribution in [0.2, 0.25) is 5.02 Å². The quantitative estimate of drug-likeness (QED) is 0.359. The second kappa shape index (κ2) is 8.99. The van der Waals surface area contributed by atoms with Crippen LogP contribution in [0, 0.1) is 0 Å². The van der Waals surface area contributed by atoms with Crippen LogP contribution in [0.25, 0.3) is 33.5 Å². The molecular weight excluding hydrogens is 470 g/mol. The lowest BCUT2D eigenvalue weighted by atomic mass is 10.2. The molecule has 2 aromatic carbocycles. The lowest BCUT2D eigenvalue weighted by Gasteiger charge is -2.11. The van der Waals surface area contributed by atoms with Crippen molar-refractivity contribution in [1.29, 1.82) is 0 Å². The molecule has 5 aromatic rings. The van der Waals surface area contributed by atoms with Gasteiger partial charge in [0.1, 0.15) is 22.7 Å². The van der Waals surface area contributed by atoms with E-state index in [1.165, 1.54) is 0 Å². The SMILES string of the molecule is CCn1cc2c(n1)c(Cl)c(-c1nc3cc(OC)c(OC)cc3[nH]1)c(=O)n2Cc1ccc(OC)cc1. The number of halogens is 1. The predicted molar refractivity (Wildman–Crippen MR) is 135 cm³/mol. The molecule has 0 unspecified atom stereocenters. The molecule has 180 valence electrons. The Labute approximate surface area is 205 Å². The Morgan fingerprint density at radius 2 is 1.74 bits per heavy atom. The van der Waals surface area contributed by atoms with E-state index in [0.717, 1.165) is 11.3 Å². The summed E-state index contributed by atoms with van der Waals surface area (Å²) in [6.45, 7) is 2.95. The summed E-state index contributed by atoms with van der Waals surface area (Å²) in [6, 6.07) is 11.1. The van der Waals surface area contributed by atoms with Crippen LogP contribution in [0.3, 0.4) is 0 Å². The first-order chi connectivity index (χ1) is 17.0. The van der Waals surface area contributed by atoms with Crippen LogP contribution in [0.1, 0.15) is 12.5 Å². The van der Waals surface area contributed by atoms with Crippen LogP contribution in [-0.2, 0) is 13.1 Å². The Kier molecular flexibility index (Phi) is 5.86. The third kappa shape index (κ3) is 3.87. The standard InChI is InChI=1S/C25H24ClN5O4/c1-5-30-13-18-23(29-30)22(26)21(25(32)31(18)12-14-6-8-15(33-2)9-7-14)24-27-16-10-19(34-3)20(35-4)11-17(16)28-24/h6-11,13H,5,12H2,1-4H3,(H,27,28). The highest BCUT2D eigenvalue weighted by atomic mass is 35.5. The molecule has 0 amide bonds. The van der Waals surface area contributed by atoms with Gasteiger partial charge in [-0.2, -0.15) is 5.10 Å². The summed E-state index contributed by atoms with van der Waals surface area (Å²) in [5.41, 5.74) is 3.41. The number of pyridine rings is 1. The number of nitrogens with one attached hydrogen (secondary N) is 1. The normalized spacial score (nSPS) is 11.3. The molecule has 0 aliphatic heterocycles. The van der Waals surface area contributed by atoms with Gasteiger partial charge in [-0.15, -0.1) is 0 Å². The number of aromatic amines is 1. The molecule has 0 bridgehead atoms. The van der Waals surface area contributed by atoms with Crippen LogP contribution in [0.15, 0.2) is 47.4 Å². The number of benzene rings is 2. The minimum Gasteiger partial charge on any atom is -0.497 e. The molecule has 0 fully saturated rings. The second-order valence-electron chi connectivity index (χ2n) is 7.96. The summed E-state index contributed by atoms with van der Waals surface area (Å²) in [5.74, 6) is 2.19. The number of hydrogen-bond acceptors (Lipinski definition) is 6. The van der Waals surface area contributed by atoms with Gasteiger partial charge in [-0.05, 0) is 24.6 Å². The van der Waals surface area contributed by atoms with Gasteiger partial charge >= 0.3 is 0 Å². The van der Waals surface area contributed by atoms with Crippen molar-refractivity contribution >= 4 is 33.7 Å². The maximum Gasteiger partial charge on any atom is 0.264 e. The first kappa shape index (κ1) is 22.8. The Balaban J connectivity index is 1.73. The third-order valence-electron chi connectivity index (χ3n) is 5.97. The van der Waals surface area contributed by atoms with Gasteiger partial charge < -0.3 is 23.8 Å².